The average molecular weight is 274 g/mol. The van der Waals surface area contributed by atoms with Crippen LogP contribution >= 0.6 is 0 Å². The van der Waals surface area contributed by atoms with Crippen molar-refractivity contribution in [2.75, 3.05) is 16.8 Å². The first kappa shape index (κ1) is 12.8. The Morgan fingerprint density at radius 2 is 2.22 bits per heavy atom. The highest BCUT2D eigenvalue weighted by Gasteiger charge is 2.32. The summed E-state index contributed by atoms with van der Waals surface area (Å²) in [6, 6.07) is -0.288. The van der Waals surface area contributed by atoms with Gasteiger partial charge in [0.1, 0.15) is 0 Å². The van der Waals surface area contributed by atoms with Gasteiger partial charge in [0, 0.05) is 20.0 Å². The molecule has 0 aliphatic carbocycles. The number of hydrogen-bond acceptors (Lipinski definition) is 6. The molecule has 1 aromatic heterocycles. The smallest absolute Gasteiger partial charge is 0.360 e. The van der Waals surface area contributed by atoms with Crippen LogP contribution in [0.15, 0.2) is 0 Å². The summed E-state index contributed by atoms with van der Waals surface area (Å²) in [4.78, 5) is 14.1. The summed E-state index contributed by atoms with van der Waals surface area (Å²) in [5.74, 6) is 0.632. The SMILES string of the molecule is Cc1nc([N+](=O)[O-])c(NC2CCS(=O)(=O)C2)n1C. The number of hydrogen-bond donors (Lipinski definition) is 1. The molecule has 1 saturated heterocycles. The molecule has 1 atom stereocenters. The zero-order valence-electron chi connectivity index (χ0n) is 10.1. The molecule has 0 saturated carbocycles. The molecule has 1 aromatic rings. The topological polar surface area (TPSA) is 107 Å². The largest absolute Gasteiger partial charge is 0.406 e. The summed E-state index contributed by atoms with van der Waals surface area (Å²) in [6.07, 6.45) is 0.462. The molecule has 1 aliphatic rings. The number of aromatic nitrogens is 2. The van der Waals surface area contributed by atoms with Crippen LogP contribution in [-0.4, -0.2) is 40.4 Å². The zero-order valence-corrected chi connectivity index (χ0v) is 10.9. The molecular weight excluding hydrogens is 260 g/mol. The van der Waals surface area contributed by atoms with Gasteiger partial charge < -0.3 is 15.4 Å². The van der Waals surface area contributed by atoms with Crippen molar-refractivity contribution in [3.8, 4) is 0 Å². The van der Waals surface area contributed by atoms with E-state index in [4.69, 9.17) is 0 Å². The zero-order chi connectivity index (χ0) is 13.5. The maximum absolute atomic E-state index is 11.3. The number of aryl methyl sites for hydroxylation is 1. The van der Waals surface area contributed by atoms with Crippen LogP contribution < -0.4 is 5.32 Å². The molecule has 1 N–H and O–H groups in total. The highest BCUT2D eigenvalue weighted by atomic mass is 32.2. The van der Waals surface area contributed by atoms with Gasteiger partial charge in [-0.1, -0.05) is 0 Å². The van der Waals surface area contributed by atoms with Crippen molar-refractivity contribution in [1.82, 2.24) is 9.55 Å². The number of nitro groups is 1. The molecule has 100 valence electrons. The van der Waals surface area contributed by atoms with Crippen LogP contribution in [0.1, 0.15) is 12.2 Å². The summed E-state index contributed by atoms with van der Waals surface area (Å²) in [5.41, 5.74) is 0. The fourth-order valence-corrected chi connectivity index (χ4v) is 3.66. The van der Waals surface area contributed by atoms with E-state index in [1.807, 2.05) is 0 Å². The Morgan fingerprint density at radius 1 is 1.56 bits per heavy atom. The maximum Gasteiger partial charge on any atom is 0.406 e. The van der Waals surface area contributed by atoms with Crippen LogP contribution in [-0.2, 0) is 16.9 Å². The van der Waals surface area contributed by atoms with Crippen molar-refractivity contribution in [3.05, 3.63) is 15.9 Å². The molecule has 18 heavy (non-hydrogen) atoms. The number of nitrogens with one attached hydrogen (secondary N) is 1. The van der Waals surface area contributed by atoms with Crippen LogP contribution in [0.4, 0.5) is 11.6 Å². The lowest BCUT2D eigenvalue weighted by molar-refractivity contribution is -0.388. The van der Waals surface area contributed by atoms with Crippen LogP contribution in [0, 0.1) is 17.0 Å². The fraction of sp³-hybridized carbons (Fsp3) is 0.667. The molecule has 1 fully saturated rings. The van der Waals surface area contributed by atoms with E-state index in [1.54, 1.807) is 18.5 Å². The average Bonchev–Trinajstić information content (AvgIpc) is 2.73. The van der Waals surface area contributed by atoms with Gasteiger partial charge in [0.2, 0.25) is 11.6 Å². The molecule has 1 unspecified atom stereocenters. The van der Waals surface area contributed by atoms with Gasteiger partial charge >= 0.3 is 5.82 Å². The van der Waals surface area contributed by atoms with Crippen LogP contribution in [0.2, 0.25) is 0 Å². The molecule has 0 bridgehead atoms. The molecule has 0 radical (unpaired) electrons. The number of nitrogens with zero attached hydrogens (tertiary/aromatic N) is 3. The van der Waals surface area contributed by atoms with E-state index in [-0.39, 0.29) is 29.2 Å². The van der Waals surface area contributed by atoms with Crippen LogP contribution in [0.3, 0.4) is 0 Å². The number of sulfone groups is 1. The van der Waals surface area contributed by atoms with Crippen LogP contribution in [0.5, 0.6) is 0 Å². The van der Waals surface area contributed by atoms with E-state index in [0.717, 1.165) is 0 Å². The molecule has 9 heteroatoms. The Labute approximate surface area is 104 Å². The van der Waals surface area contributed by atoms with E-state index in [1.165, 1.54) is 0 Å². The van der Waals surface area contributed by atoms with Gasteiger partial charge in [0.05, 0.1) is 11.5 Å². The lowest BCUT2D eigenvalue weighted by atomic mass is 10.2. The Bertz CT molecular complexity index is 592. The van der Waals surface area contributed by atoms with Gasteiger partial charge in [0.15, 0.2) is 9.84 Å². The van der Waals surface area contributed by atoms with Gasteiger partial charge in [-0.3, -0.25) is 4.57 Å². The normalized spacial score (nSPS) is 22.0. The minimum absolute atomic E-state index is 0.00832. The third-order valence-electron chi connectivity index (χ3n) is 3.05. The predicted molar refractivity (Wildman–Crippen MR) is 65.3 cm³/mol. The highest BCUT2D eigenvalue weighted by Crippen LogP contribution is 2.26. The third kappa shape index (κ3) is 2.30. The number of rotatable bonds is 3. The van der Waals surface area contributed by atoms with E-state index in [9.17, 15) is 18.5 Å². The van der Waals surface area contributed by atoms with Crippen molar-refractivity contribution >= 4 is 21.5 Å². The highest BCUT2D eigenvalue weighted by molar-refractivity contribution is 7.91. The molecule has 0 spiro atoms. The molecule has 2 rings (SSSR count). The molecule has 0 aromatic carbocycles. The first-order chi connectivity index (χ1) is 8.30. The first-order valence-electron chi connectivity index (χ1n) is 5.45. The maximum atomic E-state index is 11.3. The molecule has 0 amide bonds. The van der Waals surface area contributed by atoms with Crippen molar-refractivity contribution in [2.24, 2.45) is 7.05 Å². The Kier molecular flexibility index (Phi) is 3.01. The second kappa shape index (κ2) is 4.23. The molecule has 1 aliphatic heterocycles. The van der Waals surface area contributed by atoms with Gasteiger partial charge in [-0.15, -0.1) is 0 Å². The summed E-state index contributed by atoms with van der Waals surface area (Å²) in [5, 5.41) is 13.8. The third-order valence-corrected chi connectivity index (χ3v) is 4.81. The standard InChI is InChI=1S/C9H14N4O4S/c1-6-10-9(13(14)15)8(12(6)2)11-7-3-4-18(16,17)5-7/h7,11H,3-5H2,1-2H3. The minimum Gasteiger partial charge on any atom is -0.360 e. The van der Waals surface area contributed by atoms with Crippen molar-refractivity contribution in [3.63, 3.8) is 0 Å². The molecule has 2 heterocycles. The Balaban J connectivity index is 2.27. The Morgan fingerprint density at radius 3 is 2.72 bits per heavy atom. The van der Waals surface area contributed by atoms with Gasteiger partial charge in [0.25, 0.3) is 0 Å². The second-order valence-electron chi connectivity index (χ2n) is 4.39. The van der Waals surface area contributed by atoms with Crippen molar-refractivity contribution in [2.45, 2.75) is 19.4 Å². The summed E-state index contributed by atoms with van der Waals surface area (Å²) >= 11 is 0. The molecular formula is C9H14N4O4S. The first-order valence-corrected chi connectivity index (χ1v) is 7.27. The quantitative estimate of drug-likeness (QED) is 0.624. The van der Waals surface area contributed by atoms with E-state index < -0.39 is 14.8 Å². The summed E-state index contributed by atoms with van der Waals surface area (Å²) in [6.45, 7) is 1.66. The van der Waals surface area contributed by atoms with Crippen molar-refractivity contribution in [1.29, 1.82) is 0 Å². The predicted octanol–water partition coefficient (Wildman–Crippen LogP) is 0.236. The van der Waals surface area contributed by atoms with Crippen molar-refractivity contribution < 1.29 is 13.3 Å². The summed E-state index contributed by atoms with van der Waals surface area (Å²) < 4.78 is 24.2. The van der Waals surface area contributed by atoms with E-state index >= 15 is 0 Å². The fourth-order valence-electron chi connectivity index (χ4n) is 1.98. The van der Waals surface area contributed by atoms with E-state index in [2.05, 4.69) is 10.3 Å². The van der Waals surface area contributed by atoms with Crippen LogP contribution in [0.25, 0.3) is 0 Å². The lowest BCUT2D eigenvalue weighted by Gasteiger charge is -2.11. The molecule has 8 nitrogen and oxygen atoms in total. The Hall–Kier alpha value is -1.64. The van der Waals surface area contributed by atoms with Gasteiger partial charge in [-0.2, -0.15) is 0 Å². The summed E-state index contributed by atoms with van der Waals surface area (Å²) in [7, 11) is -1.36. The lowest BCUT2D eigenvalue weighted by Crippen LogP contribution is -2.22. The van der Waals surface area contributed by atoms with E-state index in [0.29, 0.717) is 12.2 Å². The second-order valence-corrected chi connectivity index (χ2v) is 6.62. The van der Waals surface area contributed by atoms with Gasteiger partial charge in [-0.05, 0) is 16.3 Å². The van der Waals surface area contributed by atoms with Gasteiger partial charge in [-0.25, -0.2) is 8.42 Å². The number of anilines is 1. The number of imidazole rings is 1. The monoisotopic (exact) mass is 274 g/mol. The minimum atomic E-state index is -3.02.